The van der Waals surface area contributed by atoms with E-state index in [0.29, 0.717) is 30.2 Å². The first kappa shape index (κ1) is 20.8. The minimum Gasteiger partial charge on any atom is -0.489 e. The standard InChI is InChI=1S/C23H21BrN2O3S/c1-3-28-22(27)20-15(2)25-23-26(11-12-30-23)21(20)18-13-17(24)9-10-19(18)29-14-16-7-5-4-6-8-16/h4-13,21H,3,14H2,1-2H3/t21-/m0/s1. The molecule has 5 nitrogen and oxygen atoms in total. The summed E-state index contributed by atoms with van der Waals surface area (Å²) in [5.41, 5.74) is 3.14. The number of carbonyl (C=O) groups is 1. The molecule has 0 N–H and O–H groups in total. The largest absolute Gasteiger partial charge is 0.489 e. The fourth-order valence-electron chi connectivity index (χ4n) is 3.48. The Labute approximate surface area is 188 Å². The first-order valence-corrected chi connectivity index (χ1v) is 11.3. The Balaban J connectivity index is 1.76. The highest BCUT2D eigenvalue weighted by atomic mass is 79.9. The molecule has 0 saturated carbocycles. The third-order valence-corrected chi connectivity index (χ3v) is 6.08. The van der Waals surface area contributed by atoms with Gasteiger partial charge in [0.25, 0.3) is 0 Å². The van der Waals surface area contributed by atoms with Gasteiger partial charge in [0, 0.05) is 16.2 Å². The maximum Gasteiger partial charge on any atom is 0.338 e. The number of carbonyl (C=O) groups excluding carboxylic acids is 1. The van der Waals surface area contributed by atoms with Gasteiger partial charge in [-0.25, -0.2) is 9.79 Å². The lowest BCUT2D eigenvalue weighted by molar-refractivity contribution is -0.139. The summed E-state index contributed by atoms with van der Waals surface area (Å²) >= 11 is 5.11. The lowest BCUT2D eigenvalue weighted by Crippen LogP contribution is -2.34. The van der Waals surface area contributed by atoms with Crippen molar-refractivity contribution < 1.29 is 14.3 Å². The Kier molecular flexibility index (Phi) is 6.29. The molecule has 0 aromatic heterocycles. The Morgan fingerprint density at radius 3 is 2.80 bits per heavy atom. The molecule has 0 saturated heterocycles. The van der Waals surface area contributed by atoms with E-state index in [1.165, 1.54) is 11.8 Å². The van der Waals surface area contributed by atoms with Crippen molar-refractivity contribution in [2.24, 2.45) is 4.99 Å². The SMILES string of the molecule is CCOC(=O)C1=C(C)N=C2SC=CN2[C@H]1c1cc(Br)ccc1OCc1ccccc1. The second-order valence-corrected chi connectivity index (χ2v) is 8.57. The molecule has 2 aromatic rings. The predicted molar refractivity (Wildman–Crippen MR) is 123 cm³/mol. The third kappa shape index (κ3) is 4.18. The van der Waals surface area contributed by atoms with E-state index >= 15 is 0 Å². The van der Waals surface area contributed by atoms with Crippen molar-refractivity contribution in [2.75, 3.05) is 6.61 Å². The third-order valence-electron chi connectivity index (χ3n) is 4.82. The number of hydrogen-bond acceptors (Lipinski definition) is 6. The highest BCUT2D eigenvalue weighted by Crippen LogP contribution is 2.44. The smallest absolute Gasteiger partial charge is 0.338 e. The summed E-state index contributed by atoms with van der Waals surface area (Å²) in [4.78, 5) is 19.5. The molecular weight excluding hydrogens is 464 g/mol. The molecule has 154 valence electrons. The number of rotatable bonds is 6. The van der Waals surface area contributed by atoms with Crippen LogP contribution in [0.4, 0.5) is 0 Å². The molecule has 0 spiro atoms. The molecule has 0 bridgehead atoms. The zero-order chi connectivity index (χ0) is 21.1. The van der Waals surface area contributed by atoms with Crippen LogP contribution in [0.15, 0.2) is 80.9 Å². The fraction of sp³-hybridized carbons (Fsp3) is 0.217. The lowest BCUT2D eigenvalue weighted by Gasteiger charge is -2.34. The summed E-state index contributed by atoms with van der Waals surface area (Å²) in [5.74, 6) is 0.357. The molecule has 2 aliphatic heterocycles. The quantitative estimate of drug-likeness (QED) is 0.485. The zero-order valence-electron chi connectivity index (χ0n) is 16.7. The van der Waals surface area contributed by atoms with Gasteiger partial charge >= 0.3 is 5.97 Å². The van der Waals surface area contributed by atoms with Crippen LogP contribution in [0.3, 0.4) is 0 Å². The molecule has 4 rings (SSSR count). The molecule has 2 heterocycles. The fourth-order valence-corrected chi connectivity index (χ4v) is 4.65. The summed E-state index contributed by atoms with van der Waals surface area (Å²) in [5, 5.41) is 2.80. The number of benzene rings is 2. The number of halogens is 1. The summed E-state index contributed by atoms with van der Waals surface area (Å²) < 4.78 is 12.5. The van der Waals surface area contributed by atoms with Crippen molar-refractivity contribution in [3.63, 3.8) is 0 Å². The molecule has 30 heavy (non-hydrogen) atoms. The van der Waals surface area contributed by atoms with Gasteiger partial charge in [-0.1, -0.05) is 58.0 Å². The molecule has 2 aromatic carbocycles. The minimum atomic E-state index is -0.383. The molecular formula is C23H21BrN2O3S. The van der Waals surface area contributed by atoms with Gasteiger partial charge in [-0.2, -0.15) is 0 Å². The average molecular weight is 485 g/mol. The summed E-state index contributed by atoms with van der Waals surface area (Å²) in [6.45, 7) is 4.40. The molecule has 0 unspecified atom stereocenters. The number of ether oxygens (including phenoxy) is 2. The highest BCUT2D eigenvalue weighted by Gasteiger charge is 2.39. The van der Waals surface area contributed by atoms with Gasteiger partial charge in [0.1, 0.15) is 12.4 Å². The number of aliphatic imine (C=N–C) groups is 1. The van der Waals surface area contributed by atoms with Crippen molar-refractivity contribution in [1.82, 2.24) is 4.90 Å². The van der Waals surface area contributed by atoms with E-state index in [0.717, 1.165) is 20.8 Å². The van der Waals surface area contributed by atoms with E-state index < -0.39 is 0 Å². The van der Waals surface area contributed by atoms with Crippen molar-refractivity contribution >= 4 is 38.8 Å². The Morgan fingerprint density at radius 1 is 1.23 bits per heavy atom. The highest BCUT2D eigenvalue weighted by molar-refractivity contribution is 9.10. The molecule has 0 aliphatic carbocycles. The van der Waals surface area contributed by atoms with E-state index in [4.69, 9.17) is 9.47 Å². The average Bonchev–Trinajstić information content (AvgIpc) is 3.20. The van der Waals surface area contributed by atoms with Crippen LogP contribution in [0, 0.1) is 0 Å². The molecule has 1 atom stereocenters. The van der Waals surface area contributed by atoms with E-state index in [-0.39, 0.29) is 12.0 Å². The van der Waals surface area contributed by atoms with Gasteiger partial charge < -0.3 is 14.4 Å². The maximum atomic E-state index is 12.9. The van der Waals surface area contributed by atoms with Gasteiger partial charge in [-0.15, -0.1) is 0 Å². The van der Waals surface area contributed by atoms with Crippen LogP contribution in [-0.2, 0) is 16.1 Å². The van der Waals surface area contributed by atoms with Crippen molar-refractivity contribution in [2.45, 2.75) is 26.5 Å². The van der Waals surface area contributed by atoms with Gasteiger partial charge in [0.2, 0.25) is 0 Å². The van der Waals surface area contributed by atoms with Crippen LogP contribution in [0.25, 0.3) is 0 Å². The Morgan fingerprint density at radius 2 is 2.03 bits per heavy atom. The van der Waals surface area contributed by atoms with E-state index in [1.54, 1.807) is 6.92 Å². The monoisotopic (exact) mass is 484 g/mol. The van der Waals surface area contributed by atoms with Crippen molar-refractivity contribution in [3.8, 4) is 5.75 Å². The second kappa shape index (κ2) is 9.10. The van der Waals surface area contributed by atoms with Crippen LogP contribution < -0.4 is 4.74 Å². The van der Waals surface area contributed by atoms with Gasteiger partial charge in [0.05, 0.1) is 23.9 Å². The molecule has 0 radical (unpaired) electrons. The lowest BCUT2D eigenvalue weighted by atomic mass is 9.94. The van der Waals surface area contributed by atoms with Gasteiger partial charge in [0.15, 0.2) is 5.17 Å². The van der Waals surface area contributed by atoms with Gasteiger partial charge in [-0.3, -0.25) is 0 Å². The van der Waals surface area contributed by atoms with E-state index in [1.807, 2.05) is 72.0 Å². The van der Waals surface area contributed by atoms with Crippen molar-refractivity contribution in [3.05, 3.63) is 87.0 Å². The number of hydrogen-bond donors (Lipinski definition) is 0. The second-order valence-electron chi connectivity index (χ2n) is 6.78. The van der Waals surface area contributed by atoms with Crippen LogP contribution in [0.5, 0.6) is 5.75 Å². The van der Waals surface area contributed by atoms with Gasteiger partial charge in [-0.05, 0) is 43.0 Å². The molecule has 7 heteroatoms. The summed E-state index contributed by atoms with van der Waals surface area (Å²) in [7, 11) is 0. The van der Waals surface area contributed by atoms with E-state index in [2.05, 4.69) is 20.9 Å². The number of allylic oxidation sites excluding steroid dienone is 1. The van der Waals surface area contributed by atoms with Crippen LogP contribution in [0.1, 0.15) is 31.0 Å². The minimum absolute atomic E-state index is 0.305. The number of thioether (sulfide) groups is 1. The zero-order valence-corrected chi connectivity index (χ0v) is 19.1. The summed E-state index contributed by atoms with van der Waals surface area (Å²) in [6, 6.07) is 15.5. The molecule has 2 aliphatic rings. The Hall–Kier alpha value is -2.51. The number of nitrogens with zero attached hydrogens (tertiary/aromatic N) is 2. The molecule has 0 amide bonds. The summed E-state index contributed by atoms with van der Waals surface area (Å²) in [6.07, 6.45) is 1.95. The first-order chi connectivity index (χ1) is 14.6. The number of esters is 1. The van der Waals surface area contributed by atoms with Crippen LogP contribution >= 0.6 is 27.7 Å². The number of fused-ring (bicyclic) bond motifs is 1. The van der Waals surface area contributed by atoms with Crippen LogP contribution in [0.2, 0.25) is 0 Å². The normalized spacial score (nSPS) is 17.6. The Bertz CT molecular complexity index is 1050. The van der Waals surface area contributed by atoms with Crippen LogP contribution in [-0.4, -0.2) is 22.6 Å². The predicted octanol–water partition coefficient (Wildman–Crippen LogP) is 5.80. The van der Waals surface area contributed by atoms with E-state index in [9.17, 15) is 4.79 Å². The maximum absolute atomic E-state index is 12.9. The van der Waals surface area contributed by atoms with Crippen molar-refractivity contribution in [1.29, 1.82) is 0 Å². The topological polar surface area (TPSA) is 51.1 Å². The molecule has 0 fully saturated rings. The first-order valence-electron chi connectivity index (χ1n) is 9.63. The number of amidine groups is 1.